The Morgan fingerprint density at radius 3 is 2.63 bits per heavy atom. The number of anilines is 1. The molecule has 106 valence electrons. The number of nitrogens with one attached hydrogen (secondary N) is 1. The van der Waals surface area contributed by atoms with E-state index in [1.54, 1.807) is 0 Å². The Morgan fingerprint density at radius 1 is 1.21 bits per heavy atom. The molecule has 2 heteroatoms. The van der Waals surface area contributed by atoms with Gasteiger partial charge in [-0.1, -0.05) is 30.5 Å². The number of hydrogen-bond donors (Lipinski definition) is 1. The van der Waals surface area contributed by atoms with Crippen molar-refractivity contribution in [3.63, 3.8) is 0 Å². The fraction of sp³-hybridized carbons (Fsp3) is 0.647. The highest BCUT2D eigenvalue weighted by Gasteiger charge is 2.25. The molecule has 0 amide bonds. The molecule has 0 saturated heterocycles. The van der Waals surface area contributed by atoms with Crippen LogP contribution in [0.1, 0.15) is 36.8 Å². The maximum Gasteiger partial charge on any atom is 0.0393 e. The molecule has 1 aromatic carbocycles. The van der Waals surface area contributed by atoms with E-state index in [4.69, 9.17) is 0 Å². The fourth-order valence-corrected chi connectivity index (χ4v) is 3.49. The molecule has 19 heavy (non-hydrogen) atoms. The monoisotopic (exact) mass is 260 g/mol. The van der Waals surface area contributed by atoms with Gasteiger partial charge in [-0.15, -0.1) is 0 Å². The number of benzene rings is 1. The Morgan fingerprint density at radius 2 is 1.95 bits per heavy atom. The summed E-state index contributed by atoms with van der Waals surface area (Å²) in [6, 6.07) is 7.46. The van der Waals surface area contributed by atoms with Crippen molar-refractivity contribution >= 4 is 5.69 Å². The first kappa shape index (κ1) is 14.4. The van der Waals surface area contributed by atoms with Gasteiger partial charge >= 0.3 is 0 Å². The zero-order chi connectivity index (χ0) is 13.8. The second-order valence-corrected chi connectivity index (χ2v) is 6.11. The molecule has 0 bridgehead atoms. The molecular formula is C17H28N2. The zero-order valence-corrected chi connectivity index (χ0v) is 12.9. The van der Waals surface area contributed by atoms with Crippen molar-refractivity contribution in [3.05, 3.63) is 29.3 Å². The number of hydrogen-bond acceptors (Lipinski definition) is 2. The molecular weight excluding hydrogens is 232 g/mol. The van der Waals surface area contributed by atoms with Crippen LogP contribution in [0.15, 0.2) is 18.2 Å². The Labute approximate surface area is 118 Å². The second-order valence-electron chi connectivity index (χ2n) is 6.11. The SMILES string of the molecule is CNC1CCCCC1CN(C)c1ccc(C)cc1C. The van der Waals surface area contributed by atoms with Crippen LogP contribution in [0.2, 0.25) is 0 Å². The third-order valence-electron chi connectivity index (χ3n) is 4.55. The quantitative estimate of drug-likeness (QED) is 0.891. The fourth-order valence-electron chi connectivity index (χ4n) is 3.49. The van der Waals surface area contributed by atoms with Crippen molar-refractivity contribution in [1.29, 1.82) is 0 Å². The summed E-state index contributed by atoms with van der Waals surface area (Å²) >= 11 is 0. The van der Waals surface area contributed by atoms with Crippen LogP contribution in [-0.4, -0.2) is 26.7 Å². The van der Waals surface area contributed by atoms with E-state index in [1.165, 1.54) is 42.5 Å². The van der Waals surface area contributed by atoms with Crippen LogP contribution in [0.3, 0.4) is 0 Å². The highest BCUT2D eigenvalue weighted by Crippen LogP contribution is 2.27. The molecule has 1 N–H and O–H groups in total. The van der Waals surface area contributed by atoms with E-state index < -0.39 is 0 Å². The van der Waals surface area contributed by atoms with Crippen LogP contribution in [0, 0.1) is 19.8 Å². The van der Waals surface area contributed by atoms with E-state index in [1.807, 2.05) is 0 Å². The minimum absolute atomic E-state index is 0.696. The lowest BCUT2D eigenvalue weighted by molar-refractivity contribution is 0.278. The molecule has 1 aliphatic carbocycles. The van der Waals surface area contributed by atoms with Crippen LogP contribution in [-0.2, 0) is 0 Å². The Bertz CT molecular complexity index is 414. The van der Waals surface area contributed by atoms with E-state index >= 15 is 0 Å². The summed E-state index contributed by atoms with van der Waals surface area (Å²) in [4.78, 5) is 2.44. The summed E-state index contributed by atoms with van der Waals surface area (Å²) in [5, 5.41) is 3.51. The van der Waals surface area contributed by atoms with Gasteiger partial charge in [0.25, 0.3) is 0 Å². The summed E-state index contributed by atoms with van der Waals surface area (Å²) in [5.74, 6) is 0.782. The molecule has 1 aromatic rings. The molecule has 0 aromatic heterocycles. The predicted octanol–water partition coefficient (Wildman–Crippen LogP) is 3.52. The molecule has 1 aliphatic rings. The van der Waals surface area contributed by atoms with Gasteiger partial charge in [0.15, 0.2) is 0 Å². The lowest BCUT2D eigenvalue weighted by atomic mass is 9.84. The average Bonchev–Trinajstić information content (AvgIpc) is 2.39. The van der Waals surface area contributed by atoms with Gasteiger partial charge in [0.1, 0.15) is 0 Å². The predicted molar refractivity (Wildman–Crippen MR) is 84.0 cm³/mol. The Hall–Kier alpha value is -1.02. The van der Waals surface area contributed by atoms with Gasteiger partial charge in [0, 0.05) is 25.3 Å². The minimum Gasteiger partial charge on any atom is -0.374 e. The standard InChI is InChI=1S/C17H28N2/c1-13-9-10-17(14(2)11-13)19(4)12-15-7-5-6-8-16(15)18-3/h9-11,15-16,18H,5-8,12H2,1-4H3. The van der Waals surface area contributed by atoms with E-state index in [0.717, 1.165) is 12.5 Å². The number of aryl methyl sites for hydroxylation is 2. The molecule has 1 saturated carbocycles. The second kappa shape index (κ2) is 6.42. The normalized spacial score (nSPS) is 23.4. The van der Waals surface area contributed by atoms with Crippen LogP contribution in [0.5, 0.6) is 0 Å². The smallest absolute Gasteiger partial charge is 0.0393 e. The minimum atomic E-state index is 0.696. The third-order valence-corrected chi connectivity index (χ3v) is 4.55. The highest BCUT2D eigenvalue weighted by molar-refractivity contribution is 5.53. The first-order chi connectivity index (χ1) is 9.11. The van der Waals surface area contributed by atoms with Crippen molar-refractivity contribution < 1.29 is 0 Å². The molecule has 0 heterocycles. The van der Waals surface area contributed by atoms with Crippen LogP contribution >= 0.6 is 0 Å². The maximum atomic E-state index is 3.51. The molecule has 2 unspecified atom stereocenters. The van der Waals surface area contributed by atoms with Crippen LogP contribution in [0.4, 0.5) is 5.69 Å². The van der Waals surface area contributed by atoms with Gasteiger partial charge in [-0.05, 0) is 51.3 Å². The van der Waals surface area contributed by atoms with Gasteiger partial charge in [-0.2, -0.15) is 0 Å². The van der Waals surface area contributed by atoms with E-state index in [-0.39, 0.29) is 0 Å². The number of rotatable bonds is 4. The summed E-state index contributed by atoms with van der Waals surface area (Å²) in [7, 11) is 4.35. The molecule has 0 radical (unpaired) electrons. The largest absolute Gasteiger partial charge is 0.374 e. The maximum absolute atomic E-state index is 3.51. The third kappa shape index (κ3) is 3.50. The summed E-state index contributed by atoms with van der Waals surface area (Å²) in [6.45, 7) is 5.54. The van der Waals surface area contributed by atoms with Crippen molar-refractivity contribution in [2.75, 3.05) is 25.5 Å². The van der Waals surface area contributed by atoms with Crippen molar-refractivity contribution in [1.82, 2.24) is 5.32 Å². The molecule has 1 fully saturated rings. The first-order valence-electron chi connectivity index (χ1n) is 7.57. The molecule has 2 rings (SSSR count). The highest BCUT2D eigenvalue weighted by atomic mass is 15.1. The van der Waals surface area contributed by atoms with Crippen LogP contribution < -0.4 is 10.2 Å². The van der Waals surface area contributed by atoms with Crippen molar-refractivity contribution in [2.45, 2.75) is 45.6 Å². The first-order valence-corrected chi connectivity index (χ1v) is 7.57. The van der Waals surface area contributed by atoms with E-state index in [0.29, 0.717) is 6.04 Å². The summed E-state index contributed by atoms with van der Waals surface area (Å²) in [6.07, 6.45) is 5.47. The average molecular weight is 260 g/mol. The van der Waals surface area contributed by atoms with E-state index in [9.17, 15) is 0 Å². The summed E-state index contributed by atoms with van der Waals surface area (Å²) < 4.78 is 0. The molecule has 2 atom stereocenters. The zero-order valence-electron chi connectivity index (χ0n) is 12.9. The van der Waals surface area contributed by atoms with Gasteiger partial charge < -0.3 is 10.2 Å². The van der Waals surface area contributed by atoms with Gasteiger partial charge in [0.2, 0.25) is 0 Å². The van der Waals surface area contributed by atoms with Crippen molar-refractivity contribution in [2.24, 2.45) is 5.92 Å². The topological polar surface area (TPSA) is 15.3 Å². The lowest BCUT2D eigenvalue weighted by Gasteiger charge is -2.35. The number of nitrogens with zero attached hydrogens (tertiary/aromatic N) is 1. The molecule has 2 nitrogen and oxygen atoms in total. The van der Waals surface area contributed by atoms with Crippen molar-refractivity contribution in [3.8, 4) is 0 Å². The van der Waals surface area contributed by atoms with Gasteiger partial charge in [0.05, 0.1) is 0 Å². The molecule has 0 spiro atoms. The van der Waals surface area contributed by atoms with E-state index in [2.05, 4.69) is 56.4 Å². The lowest BCUT2D eigenvalue weighted by Crippen LogP contribution is -2.42. The van der Waals surface area contributed by atoms with Crippen LogP contribution in [0.25, 0.3) is 0 Å². The van der Waals surface area contributed by atoms with Gasteiger partial charge in [-0.25, -0.2) is 0 Å². The molecule has 0 aliphatic heterocycles. The Kier molecular flexibility index (Phi) is 4.87. The van der Waals surface area contributed by atoms with Gasteiger partial charge in [-0.3, -0.25) is 0 Å². The summed E-state index contributed by atoms with van der Waals surface area (Å²) in [5.41, 5.74) is 4.12. The Balaban J connectivity index is 2.05.